The minimum absolute atomic E-state index is 0. The number of nitrogens with two attached hydrogens (primary N) is 1. The minimum Gasteiger partial charge on any atom is -0.479 e. The molecule has 812 valence electrons. The zero-order chi connectivity index (χ0) is 107. The molecule has 18 heterocycles. The van der Waals surface area contributed by atoms with E-state index in [2.05, 4.69) is 96.9 Å². The first-order chi connectivity index (χ1) is 68.0. The maximum atomic E-state index is 12.3. The minimum atomic E-state index is -4.80. The number of nitrogens with zero attached hydrogens (tertiary/aromatic N) is 19. The van der Waals surface area contributed by atoms with E-state index in [0.29, 0.717) is 62.5 Å². The Morgan fingerprint density at radius 1 is 0.401 bits per heavy atom. The number of phosphoric acid groups is 6. The van der Waals surface area contributed by atoms with E-state index in [1.54, 1.807) is 40.8 Å². The fraction of sp³-hybridized carbons (Fsp3) is 0.549. The van der Waals surface area contributed by atoms with Crippen LogP contribution in [0.4, 0.5) is 11.5 Å². The van der Waals surface area contributed by atoms with Gasteiger partial charge in [-0.3, -0.25) is 74.1 Å². The highest BCUT2D eigenvalue weighted by atomic mass is 35.5. The first kappa shape index (κ1) is 116. The molecule has 0 spiro atoms. The highest BCUT2D eigenvalue weighted by Crippen LogP contribution is 2.47. The molecule has 7 aliphatic heterocycles. The second-order valence-corrected chi connectivity index (χ2v) is 40.4. The number of phosphoric ester groups is 6. The molecule has 0 bridgehead atoms. The zero-order valence-electron chi connectivity index (χ0n) is 75.7. The molecule has 11 aromatic rings. The molecular weight excluding hydrogens is 2130 g/mol. The van der Waals surface area contributed by atoms with E-state index in [0.717, 1.165) is 4.90 Å². The first-order valence-electron chi connectivity index (χ1n) is 41.9. The van der Waals surface area contributed by atoms with Gasteiger partial charge in [-0.15, -0.1) is 0 Å². The summed E-state index contributed by atoms with van der Waals surface area (Å²) in [4.78, 5) is 208. The SMILES string of the molecule is C.COc1nc(C)nc2c1ncn2[C@@H]1O[C@H](COP(=O)(O)O)[C@@H](O)[C@H]1O.Cc1nc(Cl)c2ncn([C@@H]3O[C@H](COP(=O)(O)O)[C@@H](O)[C@H]3O)c2n1.Cc1nc2c(c(=O)[nH]1)CC(=O)N2[C@@H]1O[C@H](COP(=O)(O)O)[C@@H](O)[C@H]1O.Cc1nc2c(ccn2[C@@H]2O[C@H](COP(=O)(O)O)[C@@H](O)[C@H]2O)c(=O)[nH]1.Cc1nc2c(ncn2[C@@H]2O[C@H](COP(=O)(O)O)[C@@H](O)[C@H]2O)c(=O)n1C.Nc1ccnc2c1ncn2[C@@H]1O[C@H](COP(=O)(O)O)[C@@H](O)[C@H]1O. The van der Waals surface area contributed by atoms with E-state index in [-0.39, 0.29) is 75.4 Å². The molecule has 0 saturated carbocycles. The van der Waals surface area contributed by atoms with Gasteiger partial charge in [-0.25, -0.2) is 82.2 Å². The van der Waals surface area contributed by atoms with Crippen molar-refractivity contribution in [1.29, 1.82) is 0 Å². The van der Waals surface area contributed by atoms with Gasteiger partial charge in [0.05, 0.1) is 95.1 Å². The van der Waals surface area contributed by atoms with Gasteiger partial charge in [0.1, 0.15) is 161 Å². The van der Waals surface area contributed by atoms with Crippen molar-refractivity contribution < 1.29 is 212 Å². The van der Waals surface area contributed by atoms with E-state index in [1.165, 1.54) is 85.2 Å². The summed E-state index contributed by atoms with van der Waals surface area (Å²) in [5.74, 6) is 1.50. The summed E-state index contributed by atoms with van der Waals surface area (Å²) in [5.41, 5.74) is 7.53. The number of carbonyl (C=O) groups is 1. The molecule has 18 rings (SSSR count). The molecule has 0 radical (unpaired) electrons. The van der Waals surface area contributed by atoms with Gasteiger partial charge >= 0.3 is 46.9 Å². The number of halogens is 1. The number of carbonyl (C=O) groups excluding carboxylic acids is 1. The number of methoxy groups -OCH3 is 1. The molecule has 0 unspecified atom stereocenters. The Hall–Kier alpha value is -9.33. The van der Waals surface area contributed by atoms with Gasteiger partial charge in [-0.05, 0) is 46.8 Å². The molecule has 7 aliphatic rings. The van der Waals surface area contributed by atoms with Crippen molar-refractivity contribution >= 4 is 132 Å². The Balaban J connectivity index is 0.000000157. The molecule has 147 heavy (non-hydrogen) atoms. The molecule has 6 fully saturated rings. The second-order valence-electron chi connectivity index (χ2n) is 32.6. The van der Waals surface area contributed by atoms with Crippen LogP contribution in [0.1, 0.15) is 73.3 Å². The summed E-state index contributed by atoms with van der Waals surface area (Å²) in [6, 6.07) is 3.06. The second kappa shape index (κ2) is 46.1. The number of aromatic amines is 2. The topological polar surface area (TPSA) is 1020 Å². The van der Waals surface area contributed by atoms with Crippen LogP contribution in [0.3, 0.4) is 0 Å². The third kappa shape index (κ3) is 26.9. The van der Waals surface area contributed by atoms with Gasteiger partial charge in [0, 0.05) is 19.4 Å². The number of H-pyrrole nitrogens is 2. The van der Waals surface area contributed by atoms with E-state index < -0.39 is 245 Å². The third-order valence-electron chi connectivity index (χ3n) is 22.4. The van der Waals surface area contributed by atoms with E-state index in [1.807, 2.05) is 0 Å². The molecule has 0 aliphatic carbocycles. The summed E-state index contributed by atoms with van der Waals surface area (Å²) in [7, 11) is -25.5. The third-order valence-corrected chi connectivity index (χ3v) is 25.6. The van der Waals surface area contributed by atoms with Crippen molar-refractivity contribution in [3.63, 3.8) is 0 Å². The lowest BCUT2D eigenvalue weighted by molar-refractivity contribution is -0.121. The molecule has 76 heteroatoms. The zero-order valence-corrected chi connectivity index (χ0v) is 81.8. The molecule has 69 nitrogen and oxygen atoms in total. The monoisotopic (exact) mass is 2230 g/mol. The highest BCUT2D eigenvalue weighted by Gasteiger charge is 2.54. The number of aryl methyl sites for hydroxylation is 5. The van der Waals surface area contributed by atoms with E-state index >= 15 is 0 Å². The number of rotatable bonds is 25. The van der Waals surface area contributed by atoms with Crippen molar-refractivity contribution in [3.05, 3.63) is 121 Å². The normalized spacial score (nSPS) is 27.8. The standard InChI is InChI=1S/2C12H17N4O8P.C12H16N3O9P.C12H16N3O8P.C11H14ClN4O7P.C11H15N4O7P.CH4/c1-5-14-10-7(11(15-5)22-2)13-4-16(10)12-9(18)8(17)6(24-12)3-23-25(19,20)21;1-5-14-10-7(11(19)15(5)2)13-4-16(10)12-9(18)8(17)6(24-12)3-23-25(20,21)22;1-4-13-10-5(11(19)14-4)2-7(16)15(10)12-9(18)8(17)6(24-12)3-23-25(20,21)22;1-5-13-10-6(11(18)14-5)2-3-15(10)12-9(17)8(16)7(23-12)4-22-24(19,20)21;1-4-14-9(12)6-10(15-4)16(3-13-6)11-8(18)7(17)5(23-11)2-22-24(19,20)21;12-5-1-2-13-10-7(5)14-4-15(10)11-9(17)8(16)6(22-11)3-21-23(18,19)20;/h4,6,8-9,12,17-18H,3H2,1-2H3,(H2,19,20,21);4,6,8-9,12,17-18H,3H2,1-2H3,(H2,20,21,22);6,8-9,12,17-18H,2-3H2,1H3,(H,13,14,19)(H2,20,21,22);2-3,7-9,12,16-17H,4H2,1H3,(H,13,14,18)(H2,19,20,21);3,5,7-8,11,17-18H,2H2,1H3,(H2,19,20,21);1-2,4,6,8-9,11,16-17H,3H2,(H2,12,13)(H2,18,19,20);1H4/t3*6-,8-,9-,12-;7-,8-,9-,12-;5-,7-,8-,11-;6-,8-,9-,11-;/m111111./s1. The maximum Gasteiger partial charge on any atom is 0.469 e. The number of ether oxygens (including phenoxy) is 7. The largest absolute Gasteiger partial charge is 0.479 e. The average Bonchev–Trinajstić information content (AvgIpc) is 1.60. The van der Waals surface area contributed by atoms with E-state index in [4.69, 9.17) is 109 Å². The van der Waals surface area contributed by atoms with Crippen molar-refractivity contribution in [2.24, 2.45) is 7.05 Å². The fourth-order valence-electron chi connectivity index (χ4n) is 15.5. The number of pyridine rings is 1. The van der Waals surface area contributed by atoms with Crippen molar-refractivity contribution in [2.75, 3.05) is 57.4 Å². The molecule has 28 N–H and O–H groups in total. The van der Waals surface area contributed by atoms with Crippen molar-refractivity contribution in [1.82, 2.24) is 97.2 Å². The average molecular weight is 2230 g/mol. The van der Waals surface area contributed by atoms with Crippen LogP contribution in [0, 0.1) is 34.6 Å². The summed E-state index contributed by atoms with van der Waals surface area (Å²) in [6.07, 6.45) is -23.1. The first-order valence-corrected chi connectivity index (χ1v) is 51.5. The van der Waals surface area contributed by atoms with Gasteiger partial charge in [0.15, 0.2) is 76.1 Å². The lowest BCUT2D eigenvalue weighted by Crippen LogP contribution is -2.46. The predicted octanol–water partition coefficient (Wildman–Crippen LogP) is -7.78. The number of amides is 1. The highest BCUT2D eigenvalue weighted by molar-refractivity contribution is 7.47. The Kier molecular flexibility index (Phi) is 36.5. The van der Waals surface area contributed by atoms with Gasteiger partial charge in [-0.1, -0.05) is 19.0 Å². The van der Waals surface area contributed by atoms with Gasteiger partial charge in [-0.2, -0.15) is 4.98 Å². The fourth-order valence-corrected chi connectivity index (χ4v) is 17.8. The Morgan fingerprint density at radius 2 is 0.735 bits per heavy atom. The summed E-state index contributed by atoms with van der Waals surface area (Å²) >= 11 is 5.99. The number of anilines is 2. The summed E-state index contributed by atoms with van der Waals surface area (Å²) in [5, 5.41) is 122. The molecule has 11 aromatic heterocycles. The Bertz CT molecular complexity index is 7090. The smallest absolute Gasteiger partial charge is 0.469 e. The van der Waals surface area contributed by atoms with Gasteiger partial charge in [0.2, 0.25) is 11.8 Å². The number of aromatic nitrogens is 20. The van der Waals surface area contributed by atoms with E-state index in [9.17, 15) is 108 Å². The van der Waals surface area contributed by atoms with Crippen LogP contribution in [0.2, 0.25) is 5.15 Å². The number of imidazole rings is 4. The number of hydrogen-bond acceptors (Lipinski definition) is 48. The number of hydrogen-bond donors (Lipinski definition) is 27. The van der Waals surface area contributed by atoms with Crippen LogP contribution in [0.5, 0.6) is 5.88 Å². The number of aliphatic hydroxyl groups excluding tert-OH is 12. The number of nitrogen functional groups attached to an aromatic ring is 1. The van der Waals surface area contributed by atoms with Crippen LogP contribution >= 0.6 is 58.5 Å². The lowest BCUT2D eigenvalue weighted by atomic mass is 10.1. The van der Waals surface area contributed by atoms with Crippen LogP contribution < -0.4 is 32.0 Å². The quantitative estimate of drug-likeness (QED) is 0.0187. The molecular formula is C71H99ClN22O47P6. The van der Waals surface area contributed by atoms with Gasteiger partial charge < -0.3 is 173 Å². The van der Waals surface area contributed by atoms with Crippen LogP contribution in [0.15, 0.2) is 64.2 Å². The Labute approximate surface area is 824 Å². The van der Waals surface area contributed by atoms with Crippen LogP contribution in [-0.4, -0.2) is 386 Å². The number of nitrogens with one attached hydrogen (secondary N) is 2. The molecule has 0 aromatic carbocycles. The van der Waals surface area contributed by atoms with Crippen molar-refractivity contribution in [3.8, 4) is 5.88 Å². The number of fused-ring (bicyclic) bond motifs is 6. The predicted molar refractivity (Wildman–Crippen MR) is 482 cm³/mol. The molecule has 1 amide bonds. The van der Waals surface area contributed by atoms with Crippen molar-refractivity contribution in [2.45, 2.75) is 196 Å². The summed E-state index contributed by atoms with van der Waals surface area (Å²) in [6.45, 7) is 4.30. The summed E-state index contributed by atoms with van der Waals surface area (Å²) < 4.78 is 136. The van der Waals surface area contributed by atoms with Crippen LogP contribution in [0.25, 0.3) is 55.7 Å². The lowest BCUT2D eigenvalue weighted by Gasteiger charge is -2.26. The Morgan fingerprint density at radius 3 is 1.14 bits per heavy atom. The molecule has 24 atom stereocenters. The maximum absolute atomic E-state index is 12.3. The number of aliphatic hydroxyl groups is 12. The van der Waals surface area contributed by atoms with Crippen LogP contribution in [-0.2, 0) is 101 Å². The van der Waals surface area contributed by atoms with Gasteiger partial charge in [0.25, 0.3) is 16.7 Å². The molecule has 6 saturated heterocycles.